The van der Waals surface area contributed by atoms with Crippen molar-refractivity contribution in [2.75, 3.05) is 19.0 Å². The van der Waals surface area contributed by atoms with Crippen LogP contribution in [-0.4, -0.2) is 40.5 Å². The summed E-state index contributed by atoms with van der Waals surface area (Å²) in [5.41, 5.74) is 0.0707. The van der Waals surface area contributed by atoms with E-state index in [-0.39, 0.29) is 28.9 Å². The van der Waals surface area contributed by atoms with Crippen molar-refractivity contribution in [1.29, 1.82) is 0 Å². The number of phenolic OH excluding ortho intramolecular Hbond substituents is 1. The number of benzene rings is 1. The first-order chi connectivity index (χ1) is 10.4. The third-order valence-electron chi connectivity index (χ3n) is 2.62. The van der Waals surface area contributed by atoms with Gasteiger partial charge in [0.15, 0.2) is 16.9 Å². The molecule has 1 aromatic heterocycles. The molecule has 1 aromatic carbocycles. The molecule has 22 heavy (non-hydrogen) atoms. The molecule has 3 N–H and O–H groups in total. The van der Waals surface area contributed by atoms with Crippen LogP contribution >= 0.6 is 11.1 Å². The minimum atomic E-state index is -3.82. The summed E-state index contributed by atoms with van der Waals surface area (Å²) < 4.78 is 49.6. The standard InChI is InChI=1S/C11H14N4O5S2/c1-3-20-11-10(14-21(17)15-11)13-7-5-4-6-8(9(7)16)22(18,19)12-2/h4-6,12,16H,3H2,1-2H3,(H,13,14). The number of aromatic nitrogens is 2. The maximum absolute atomic E-state index is 11.8. The Bertz CT molecular complexity index is 775. The number of hydrogen-bond acceptors (Lipinski definition) is 8. The lowest BCUT2D eigenvalue weighted by Gasteiger charge is -2.10. The summed E-state index contributed by atoms with van der Waals surface area (Å²) in [6.07, 6.45) is 0. The number of phenols is 1. The topological polar surface area (TPSA) is 136 Å². The van der Waals surface area contributed by atoms with Gasteiger partial charge in [-0.05, 0) is 26.1 Å². The molecular weight excluding hydrogens is 332 g/mol. The molecule has 0 aliphatic rings. The molecule has 0 aliphatic heterocycles. The van der Waals surface area contributed by atoms with E-state index in [4.69, 9.17) is 4.74 Å². The first-order valence-corrected chi connectivity index (χ1v) is 8.68. The van der Waals surface area contributed by atoms with E-state index in [1.54, 1.807) is 6.92 Å². The van der Waals surface area contributed by atoms with E-state index in [1.165, 1.54) is 25.2 Å². The van der Waals surface area contributed by atoms with E-state index in [1.807, 2.05) is 0 Å². The number of para-hydroxylation sites is 1. The third kappa shape index (κ3) is 3.27. The van der Waals surface area contributed by atoms with Crippen LogP contribution in [0.5, 0.6) is 11.6 Å². The molecule has 1 atom stereocenters. The zero-order valence-corrected chi connectivity index (χ0v) is 13.4. The molecule has 1 heterocycles. The van der Waals surface area contributed by atoms with Gasteiger partial charge in [-0.1, -0.05) is 6.07 Å². The lowest BCUT2D eigenvalue weighted by Crippen LogP contribution is -2.18. The second kappa shape index (κ2) is 6.44. The fraction of sp³-hybridized carbons (Fsp3) is 0.273. The predicted octanol–water partition coefficient (Wildman–Crippen LogP) is 0.960. The molecule has 0 bridgehead atoms. The van der Waals surface area contributed by atoms with Crippen molar-refractivity contribution in [1.82, 2.24) is 13.5 Å². The lowest BCUT2D eigenvalue weighted by molar-refractivity contribution is 0.331. The molecule has 0 spiro atoms. The number of aromatic hydroxyl groups is 1. The zero-order chi connectivity index (χ0) is 16.3. The lowest BCUT2D eigenvalue weighted by atomic mass is 10.3. The van der Waals surface area contributed by atoms with Gasteiger partial charge in [0, 0.05) is 8.75 Å². The Morgan fingerprint density at radius 2 is 2.14 bits per heavy atom. The first kappa shape index (κ1) is 16.4. The van der Waals surface area contributed by atoms with Crippen molar-refractivity contribution in [3.05, 3.63) is 18.2 Å². The summed E-state index contributed by atoms with van der Waals surface area (Å²) in [5, 5.41) is 12.8. The van der Waals surface area contributed by atoms with Crippen LogP contribution in [-0.2, 0) is 10.0 Å². The van der Waals surface area contributed by atoms with Gasteiger partial charge in [0.05, 0.1) is 12.3 Å². The number of ether oxygens (including phenoxy) is 1. The number of sulfonamides is 1. The van der Waals surface area contributed by atoms with Crippen LogP contribution in [0.1, 0.15) is 6.92 Å². The van der Waals surface area contributed by atoms with E-state index < -0.39 is 26.9 Å². The van der Waals surface area contributed by atoms with E-state index in [2.05, 4.69) is 18.8 Å². The van der Waals surface area contributed by atoms with Gasteiger partial charge in [-0.3, -0.25) is 0 Å². The number of rotatable bonds is 6. The van der Waals surface area contributed by atoms with Crippen molar-refractivity contribution in [2.24, 2.45) is 0 Å². The van der Waals surface area contributed by atoms with Crippen molar-refractivity contribution < 1.29 is 22.8 Å². The van der Waals surface area contributed by atoms with Crippen LogP contribution in [0.4, 0.5) is 11.5 Å². The second-order valence-electron chi connectivity index (χ2n) is 3.98. The molecule has 120 valence electrons. The fourth-order valence-corrected chi connectivity index (χ4v) is 3.08. The molecule has 0 saturated heterocycles. The normalized spacial score (nSPS) is 12.2. The summed E-state index contributed by atoms with van der Waals surface area (Å²) in [7, 11) is -2.59. The predicted molar refractivity (Wildman–Crippen MR) is 79.5 cm³/mol. The quantitative estimate of drug-likeness (QED) is 0.519. The highest BCUT2D eigenvalue weighted by Crippen LogP contribution is 2.35. The number of nitrogens with one attached hydrogen (secondary N) is 2. The van der Waals surface area contributed by atoms with Crippen LogP contribution in [0.3, 0.4) is 0 Å². The van der Waals surface area contributed by atoms with Crippen molar-refractivity contribution in [2.45, 2.75) is 11.8 Å². The second-order valence-corrected chi connectivity index (χ2v) is 6.67. The van der Waals surface area contributed by atoms with E-state index in [9.17, 15) is 18.1 Å². The molecule has 0 aliphatic carbocycles. The Morgan fingerprint density at radius 3 is 2.77 bits per heavy atom. The van der Waals surface area contributed by atoms with Gasteiger partial charge >= 0.3 is 5.88 Å². The largest absolute Gasteiger partial charge is 0.546 e. The van der Waals surface area contributed by atoms with Gasteiger partial charge in [-0.25, -0.2) is 13.1 Å². The number of nitrogens with zero attached hydrogens (tertiary/aromatic N) is 2. The van der Waals surface area contributed by atoms with E-state index in [0.29, 0.717) is 0 Å². The highest BCUT2D eigenvalue weighted by molar-refractivity contribution is 7.89. The van der Waals surface area contributed by atoms with Gasteiger partial charge in [-0.15, -0.1) is 0 Å². The maximum atomic E-state index is 11.8. The molecular formula is C11H14N4O5S2. The van der Waals surface area contributed by atoms with E-state index >= 15 is 0 Å². The molecule has 11 heteroatoms. The van der Waals surface area contributed by atoms with Crippen molar-refractivity contribution in [3.8, 4) is 11.6 Å². The minimum Gasteiger partial charge on any atom is -0.546 e. The molecule has 0 amide bonds. The van der Waals surface area contributed by atoms with Crippen molar-refractivity contribution in [3.63, 3.8) is 0 Å². The monoisotopic (exact) mass is 346 g/mol. The summed E-state index contributed by atoms with van der Waals surface area (Å²) in [4.78, 5) is -0.297. The molecule has 2 rings (SSSR count). The average molecular weight is 346 g/mol. The Morgan fingerprint density at radius 1 is 1.41 bits per heavy atom. The molecule has 0 radical (unpaired) electrons. The Hall–Kier alpha value is -1.95. The minimum absolute atomic E-state index is 0.0297. The van der Waals surface area contributed by atoms with Crippen LogP contribution in [0, 0.1) is 0 Å². The highest BCUT2D eigenvalue weighted by Gasteiger charge is 2.22. The maximum Gasteiger partial charge on any atom is 0.318 e. The average Bonchev–Trinajstić information content (AvgIpc) is 2.81. The summed E-state index contributed by atoms with van der Waals surface area (Å²) >= 11 is -1.81. The highest BCUT2D eigenvalue weighted by atomic mass is 32.2. The van der Waals surface area contributed by atoms with Crippen LogP contribution in [0.2, 0.25) is 0 Å². The van der Waals surface area contributed by atoms with Crippen LogP contribution in [0.15, 0.2) is 23.1 Å². The Balaban J connectivity index is 2.41. The molecule has 0 saturated carbocycles. The van der Waals surface area contributed by atoms with Gasteiger partial charge in [0.1, 0.15) is 4.90 Å². The van der Waals surface area contributed by atoms with E-state index in [0.717, 1.165) is 0 Å². The van der Waals surface area contributed by atoms with Gasteiger partial charge in [-0.2, -0.15) is 0 Å². The summed E-state index contributed by atoms with van der Waals surface area (Å²) in [6, 6.07) is 4.13. The Kier molecular flexibility index (Phi) is 4.81. The summed E-state index contributed by atoms with van der Waals surface area (Å²) in [6.45, 7) is 2.01. The number of hydrogen-bond donors (Lipinski definition) is 3. The Labute approximate surface area is 130 Å². The van der Waals surface area contributed by atoms with Gasteiger partial charge in [0.25, 0.3) is 5.82 Å². The molecule has 2 aromatic rings. The van der Waals surface area contributed by atoms with Crippen LogP contribution < -0.4 is 14.8 Å². The third-order valence-corrected chi connectivity index (χ3v) is 4.73. The molecule has 0 fully saturated rings. The number of anilines is 2. The fourth-order valence-electron chi connectivity index (χ4n) is 1.64. The smallest absolute Gasteiger partial charge is 0.318 e. The van der Waals surface area contributed by atoms with Crippen LogP contribution in [0.25, 0.3) is 0 Å². The zero-order valence-electron chi connectivity index (χ0n) is 11.7. The first-order valence-electron chi connectivity index (χ1n) is 6.14. The SMILES string of the molecule is CCOc1n[s+]([O-])nc1Nc1cccc(S(=O)(=O)NC)c1O. The van der Waals surface area contributed by atoms with Gasteiger partial charge < -0.3 is 19.7 Å². The summed E-state index contributed by atoms with van der Waals surface area (Å²) in [5.74, 6) is -0.412. The van der Waals surface area contributed by atoms with Crippen molar-refractivity contribution >= 4 is 32.7 Å². The molecule has 1 unspecified atom stereocenters. The van der Waals surface area contributed by atoms with Gasteiger partial charge in [0.2, 0.25) is 10.0 Å². The molecule has 9 nitrogen and oxygen atoms in total.